The van der Waals surface area contributed by atoms with Gasteiger partial charge in [0.25, 0.3) is 0 Å². The number of nitrogens with zero attached hydrogens (tertiary/aromatic N) is 1. The van der Waals surface area contributed by atoms with Gasteiger partial charge < -0.3 is 9.32 Å². The zero-order valence-corrected chi connectivity index (χ0v) is 31.9. The molecular weight excluding hydrogens is 691 g/mol. The summed E-state index contributed by atoms with van der Waals surface area (Å²) in [6.07, 6.45) is 0. The van der Waals surface area contributed by atoms with Gasteiger partial charge in [-0.05, 0) is 109 Å². The van der Waals surface area contributed by atoms with Crippen LogP contribution in [0.5, 0.6) is 0 Å². The Morgan fingerprint density at radius 3 is 1.54 bits per heavy atom. The molecule has 0 unspecified atom stereocenters. The standard InChI is InChI=1S/C55H39NO/c1-55(2)51-34-42(56(40-28-24-38(25-29-40)36-14-5-3-6-15-36)41-30-26-39(27-31-41)37-16-7-4-8-17-37)32-33-44(51)50-35-49(43-18-9-10-20-46(43)53(50)55)48-22-13-21-47-45-19-11-12-23-52(45)57-54(47)48/h3-35H,1-2H3. The predicted molar refractivity (Wildman–Crippen MR) is 240 cm³/mol. The minimum absolute atomic E-state index is 0.246. The summed E-state index contributed by atoms with van der Waals surface area (Å²) in [5, 5.41) is 4.81. The van der Waals surface area contributed by atoms with E-state index in [1.54, 1.807) is 0 Å². The van der Waals surface area contributed by atoms with Crippen molar-refractivity contribution in [2.75, 3.05) is 4.90 Å². The number of hydrogen-bond acceptors (Lipinski definition) is 2. The number of fused-ring (bicyclic) bond motifs is 8. The molecule has 0 amide bonds. The maximum Gasteiger partial charge on any atom is 0.143 e. The first-order chi connectivity index (χ1) is 28.0. The Morgan fingerprint density at radius 1 is 0.368 bits per heavy atom. The molecule has 1 aliphatic carbocycles. The van der Waals surface area contributed by atoms with E-state index in [4.69, 9.17) is 4.42 Å². The molecule has 0 aliphatic heterocycles. The van der Waals surface area contributed by atoms with Crippen LogP contribution in [0.25, 0.3) is 77.2 Å². The Morgan fingerprint density at radius 2 is 0.895 bits per heavy atom. The molecule has 0 radical (unpaired) electrons. The third-order valence-corrected chi connectivity index (χ3v) is 12.1. The van der Waals surface area contributed by atoms with Crippen molar-refractivity contribution in [3.63, 3.8) is 0 Å². The lowest BCUT2D eigenvalue weighted by Gasteiger charge is -2.28. The molecule has 1 aromatic heterocycles. The highest BCUT2D eigenvalue weighted by Crippen LogP contribution is 2.55. The Balaban J connectivity index is 1.07. The fraction of sp³-hybridized carbons (Fsp3) is 0.0545. The lowest BCUT2D eigenvalue weighted by molar-refractivity contribution is 0.666. The van der Waals surface area contributed by atoms with Crippen molar-refractivity contribution in [1.82, 2.24) is 0 Å². The van der Waals surface area contributed by atoms with Crippen molar-refractivity contribution in [2.45, 2.75) is 19.3 Å². The Kier molecular flexibility index (Phi) is 7.55. The SMILES string of the molecule is CC1(C)c2cc(N(c3ccc(-c4ccccc4)cc3)c3ccc(-c4ccccc4)cc3)ccc2-c2cc(-c3cccc4c3oc3ccccc34)c3ccccc3c21. The van der Waals surface area contributed by atoms with Gasteiger partial charge in [-0.1, -0.05) is 166 Å². The molecule has 2 heteroatoms. The van der Waals surface area contributed by atoms with Gasteiger partial charge >= 0.3 is 0 Å². The lowest BCUT2D eigenvalue weighted by Crippen LogP contribution is -2.17. The zero-order chi connectivity index (χ0) is 38.1. The summed E-state index contributed by atoms with van der Waals surface area (Å²) < 4.78 is 6.60. The average molecular weight is 730 g/mol. The quantitative estimate of drug-likeness (QED) is 0.169. The number of furan rings is 1. The van der Waals surface area contributed by atoms with Gasteiger partial charge in [0, 0.05) is 38.8 Å². The molecule has 0 bridgehead atoms. The molecule has 0 saturated heterocycles. The van der Waals surface area contributed by atoms with E-state index in [0.29, 0.717) is 0 Å². The number of benzene rings is 9. The fourth-order valence-electron chi connectivity index (χ4n) is 9.32. The molecule has 57 heavy (non-hydrogen) atoms. The van der Waals surface area contributed by atoms with E-state index >= 15 is 0 Å². The van der Waals surface area contributed by atoms with Crippen LogP contribution in [-0.4, -0.2) is 0 Å². The molecular formula is C55H39NO. The number of hydrogen-bond donors (Lipinski definition) is 0. The van der Waals surface area contributed by atoms with Crippen LogP contribution in [0, 0.1) is 0 Å². The predicted octanol–water partition coefficient (Wildman–Crippen LogP) is 15.5. The minimum atomic E-state index is -0.246. The summed E-state index contributed by atoms with van der Waals surface area (Å²) in [6, 6.07) is 72.5. The summed E-state index contributed by atoms with van der Waals surface area (Å²) in [4.78, 5) is 2.40. The van der Waals surface area contributed by atoms with Crippen LogP contribution in [-0.2, 0) is 5.41 Å². The van der Waals surface area contributed by atoms with Crippen LogP contribution < -0.4 is 4.90 Å². The normalized spacial score (nSPS) is 12.9. The van der Waals surface area contributed by atoms with Crippen LogP contribution in [0.15, 0.2) is 205 Å². The molecule has 11 rings (SSSR count). The zero-order valence-electron chi connectivity index (χ0n) is 31.9. The highest BCUT2D eigenvalue weighted by atomic mass is 16.3. The fourth-order valence-corrected chi connectivity index (χ4v) is 9.32. The van der Waals surface area contributed by atoms with Crippen LogP contribution >= 0.6 is 0 Å². The van der Waals surface area contributed by atoms with Crippen molar-refractivity contribution >= 4 is 49.8 Å². The van der Waals surface area contributed by atoms with Crippen molar-refractivity contribution in [1.29, 1.82) is 0 Å². The number of para-hydroxylation sites is 2. The first-order valence-electron chi connectivity index (χ1n) is 19.8. The van der Waals surface area contributed by atoms with Gasteiger partial charge in [-0.15, -0.1) is 0 Å². The van der Waals surface area contributed by atoms with Crippen LogP contribution in [0.2, 0.25) is 0 Å². The van der Waals surface area contributed by atoms with Gasteiger partial charge in [-0.25, -0.2) is 0 Å². The summed E-state index contributed by atoms with van der Waals surface area (Å²) >= 11 is 0. The smallest absolute Gasteiger partial charge is 0.143 e. The molecule has 0 spiro atoms. The summed E-state index contributed by atoms with van der Waals surface area (Å²) in [5.41, 5.74) is 17.4. The van der Waals surface area contributed by atoms with Gasteiger partial charge in [-0.2, -0.15) is 0 Å². The highest BCUT2D eigenvalue weighted by molar-refractivity contribution is 6.14. The molecule has 1 aliphatic rings. The second-order valence-corrected chi connectivity index (χ2v) is 15.7. The van der Waals surface area contributed by atoms with Crippen molar-refractivity contribution in [3.8, 4) is 44.5 Å². The van der Waals surface area contributed by atoms with E-state index < -0.39 is 0 Å². The van der Waals surface area contributed by atoms with Crippen molar-refractivity contribution in [3.05, 3.63) is 211 Å². The van der Waals surface area contributed by atoms with Gasteiger partial charge in [0.05, 0.1) is 0 Å². The topological polar surface area (TPSA) is 16.4 Å². The van der Waals surface area contributed by atoms with Crippen molar-refractivity contribution < 1.29 is 4.42 Å². The third-order valence-electron chi connectivity index (χ3n) is 12.1. The summed E-state index contributed by atoms with van der Waals surface area (Å²) in [6.45, 7) is 4.78. The second-order valence-electron chi connectivity index (χ2n) is 15.7. The Hall–Kier alpha value is -7.16. The van der Waals surface area contributed by atoms with E-state index in [2.05, 4.69) is 213 Å². The Bertz CT molecular complexity index is 3040. The Labute approximate surface area is 332 Å². The van der Waals surface area contributed by atoms with Crippen LogP contribution in [0.3, 0.4) is 0 Å². The number of anilines is 3. The number of rotatable bonds is 6. The largest absolute Gasteiger partial charge is 0.455 e. The van der Waals surface area contributed by atoms with E-state index in [9.17, 15) is 0 Å². The molecule has 0 fully saturated rings. The third kappa shape index (κ3) is 5.33. The van der Waals surface area contributed by atoms with Gasteiger partial charge in [0.1, 0.15) is 11.2 Å². The van der Waals surface area contributed by atoms with Crippen molar-refractivity contribution in [2.24, 2.45) is 0 Å². The molecule has 0 N–H and O–H groups in total. The van der Waals surface area contributed by atoms with Gasteiger partial charge in [0.15, 0.2) is 0 Å². The monoisotopic (exact) mass is 729 g/mol. The highest BCUT2D eigenvalue weighted by Gasteiger charge is 2.38. The first-order valence-corrected chi connectivity index (χ1v) is 19.8. The van der Waals surface area contributed by atoms with Gasteiger partial charge in [0.2, 0.25) is 0 Å². The molecule has 270 valence electrons. The molecule has 10 aromatic rings. The summed E-state index contributed by atoms with van der Waals surface area (Å²) in [5.74, 6) is 0. The maximum atomic E-state index is 6.60. The maximum absolute atomic E-state index is 6.60. The lowest BCUT2D eigenvalue weighted by atomic mass is 9.79. The van der Waals surface area contributed by atoms with Crippen LogP contribution in [0.1, 0.15) is 25.0 Å². The molecule has 0 saturated carbocycles. The van der Waals surface area contributed by atoms with E-state index in [1.165, 1.54) is 60.8 Å². The average Bonchev–Trinajstić information content (AvgIpc) is 3.76. The molecule has 9 aromatic carbocycles. The molecule has 2 nitrogen and oxygen atoms in total. The van der Waals surface area contributed by atoms with Gasteiger partial charge in [-0.3, -0.25) is 0 Å². The van der Waals surface area contributed by atoms with E-state index in [1.807, 2.05) is 6.07 Å². The molecule has 1 heterocycles. The second kappa shape index (κ2) is 13.0. The molecule has 0 atom stereocenters. The van der Waals surface area contributed by atoms with Crippen LogP contribution in [0.4, 0.5) is 17.1 Å². The minimum Gasteiger partial charge on any atom is -0.455 e. The summed E-state index contributed by atoms with van der Waals surface area (Å²) in [7, 11) is 0. The van der Waals surface area contributed by atoms with E-state index in [-0.39, 0.29) is 5.41 Å². The first kappa shape index (κ1) is 33.2. The van der Waals surface area contributed by atoms with E-state index in [0.717, 1.165) is 44.6 Å².